The van der Waals surface area contributed by atoms with Crippen molar-refractivity contribution in [2.45, 2.75) is 20.8 Å². The predicted molar refractivity (Wildman–Crippen MR) is 96.9 cm³/mol. The third kappa shape index (κ3) is 3.23. The van der Waals surface area contributed by atoms with Crippen LogP contribution in [0.1, 0.15) is 28.5 Å². The molecule has 4 nitrogen and oxygen atoms in total. The van der Waals surface area contributed by atoms with Crippen molar-refractivity contribution in [3.05, 3.63) is 65.4 Å². The molecular formula is C20H20N2O2. The fourth-order valence-electron chi connectivity index (χ4n) is 2.72. The number of pyridine rings is 1. The van der Waals surface area contributed by atoms with Crippen LogP contribution in [0.15, 0.2) is 48.5 Å². The topological polar surface area (TPSA) is 51.2 Å². The van der Waals surface area contributed by atoms with Crippen molar-refractivity contribution in [2.75, 3.05) is 11.9 Å². The van der Waals surface area contributed by atoms with E-state index in [1.807, 2.05) is 37.3 Å². The number of aromatic nitrogens is 1. The Kier molecular flexibility index (Phi) is 4.47. The molecule has 0 bridgehead atoms. The minimum Gasteiger partial charge on any atom is -0.462 e. The fourth-order valence-corrected chi connectivity index (χ4v) is 2.72. The number of hydrogen-bond acceptors (Lipinski definition) is 4. The van der Waals surface area contributed by atoms with E-state index in [-0.39, 0.29) is 5.97 Å². The Morgan fingerprint density at radius 3 is 2.71 bits per heavy atom. The van der Waals surface area contributed by atoms with Crippen LogP contribution in [0.3, 0.4) is 0 Å². The minimum absolute atomic E-state index is 0.312. The number of carbonyl (C=O) groups is 1. The van der Waals surface area contributed by atoms with Gasteiger partial charge in [0.05, 0.1) is 17.7 Å². The van der Waals surface area contributed by atoms with Crippen LogP contribution in [0.5, 0.6) is 0 Å². The summed E-state index contributed by atoms with van der Waals surface area (Å²) in [4.78, 5) is 16.5. The van der Waals surface area contributed by atoms with E-state index >= 15 is 0 Å². The zero-order chi connectivity index (χ0) is 17.1. The molecule has 0 saturated heterocycles. The van der Waals surface area contributed by atoms with E-state index in [1.165, 1.54) is 0 Å². The van der Waals surface area contributed by atoms with Crippen LogP contribution in [0.4, 0.5) is 11.4 Å². The molecule has 0 aliphatic heterocycles. The van der Waals surface area contributed by atoms with Crippen LogP contribution in [0.2, 0.25) is 0 Å². The molecule has 1 N–H and O–H groups in total. The molecule has 0 unspecified atom stereocenters. The first-order valence-corrected chi connectivity index (χ1v) is 7.99. The maximum atomic E-state index is 11.9. The second-order valence-electron chi connectivity index (χ2n) is 5.71. The lowest BCUT2D eigenvalue weighted by Gasteiger charge is -2.13. The Balaban J connectivity index is 2.00. The van der Waals surface area contributed by atoms with Crippen molar-refractivity contribution >= 4 is 28.2 Å². The van der Waals surface area contributed by atoms with Gasteiger partial charge >= 0.3 is 5.97 Å². The standard InChI is InChI=1S/C20H20N2O2/c1-4-24-20(23)15-8-6-9-16(12-15)22-18-11-14(3)21-19-13(2)7-5-10-17(18)19/h5-12H,4H2,1-3H3,(H,21,22). The number of fused-ring (bicyclic) bond motifs is 1. The summed E-state index contributed by atoms with van der Waals surface area (Å²) in [6.07, 6.45) is 0. The number of benzene rings is 2. The highest BCUT2D eigenvalue weighted by molar-refractivity contribution is 5.96. The average Bonchev–Trinajstić information content (AvgIpc) is 2.56. The number of esters is 1. The third-order valence-electron chi connectivity index (χ3n) is 3.82. The molecule has 0 radical (unpaired) electrons. The third-order valence-corrected chi connectivity index (χ3v) is 3.82. The van der Waals surface area contributed by atoms with Crippen molar-refractivity contribution in [3.8, 4) is 0 Å². The number of anilines is 2. The van der Waals surface area contributed by atoms with Crippen molar-refractivity contribution in [3.63, 3.8) is 0 Å². The Hall–Kier alpha value is -2.88. The second-order valence-corrected chi connectivity index (χ2v) is 5.71. The summed E-state index contributed by atoms with van der Waals surface area (Å²) in [7, 11) is 0. The molecule has 0 fully saturated rings. The molecule has 24 heavy (non-hydrogen) atoms. The van der Waals surface area contributed by atoms with Crippen LogP contribution < -0.4 is 5.32 Å². The minimum atomic E-state index is -0.312. The van der Waals surface area contributed by atoms with Gasteiger partial charge in [0.25, 0.3) is 0 Å². The van der Waals surface area contributed by atoms with Crippen LogP contribution >= 0.6 is 0 Å². The first-order valence-electron chi connectivity index (χ1n) is 7.99. The highest BCUT2D eigenvalue weighted by Crippen LogP contribution is 2.28. The van der Waals surface area contributed by atoms with Gasteiger partial charge in [-0.3, -0.25) is 4.98 Å². The van der Waals surface area contributed by atoms with Gasteiger partial charge in [0.2, 0.25) is 0 Å². The van der Waals surface area contributed by atoms with E-state index < -0.39 is 0 Å². The summed E-state index contributed by atoms with van der Waals surface area (Å²) in [6, 6.07) is 15.5. The van der Waals surface area contributed by atoms with Crippen LogP contribution in [-0.4, -0.2) is 17.6 Å². The van der Waals surface area contributed by atoms with Gasteiger partial charge in [0, 0.05) is 22.5 Å². The molecule has 0 aliphatic carbocycles. The summed E-state index contributed by atoms with van der Waals surface area (Å²) in [5, 5.41) is 4.46. The van der Waals surface area contributed by atoms with E-state index in [1.54, 1.807) is 19.1 Å². The lowest BCUT2D eigenvalue weighted by Crippen LogP contribution is -2.05. The lowest BCUT2D eigenvalue weighted by molar-refractivity contribution is 0.0526. The summed E-state index contributed by atoms with van der Waals surface area (Å²) in [6.45, 7) is 6.20. The Labute approximate surface area is 141 Å². The molecule has 1 heterocycles. The molecular weight excluding hydrogens is 300 g/mol. The van der Waals surface area contributed by atoms with Crippen LogP contribution in [0.25, 0.3) is 10.9 Å². The van der Waals surface area contributed by atoms with E-state index in [2.05, 4.69) is 23.3 Å². The molecule has 0 aliphatic rings. The fraction of sp³-hybridized carbons (Fsp3) is 0.200. The lowest BCUT2D eigenvalue weighted by atomic mass is 10.1. The maximum absolute atomic E-state index is 11.9. The van der Waals surface area contributed by atoms with Gasteiger partial charge in [0.1, 0.15) is 0 Å². The smallest absolute Gasteiger partial charge is 0.338 e. The summed E-state index contributed by atoms with van der Waals surface area (Å²) in [5.41, 5.74) is 5.42. The van der Waals surface area contributed by atoms with Gasteiger partial charge in [0.15, 0.2) is 0 Å². The highest BCUT2D eigenvalue weighted by atomic mass is 16.5. The second kappa shape index (κ2) is 6.71. The van der Waals surface area contributed by atoms with E-state index in [9.17, 15) is 4.79 Å². The van der Waals surface area contributed by atoms with Gasteiger partial charge < -0.3 is 10.1 Å². The normalized spacial score (nSPS) is 10.6. The number of para-hydroxylation sites is 1. The number of rotatable bonds is 4. The van der Waals surface area contributed by atoms with E-state index in [0.717, 1.165) is 33.5 Å². The Morgan fingerprint density at radius 1 is 1.12 bits per heavy atom. The summed E-state index contributed by atoms with van der Waals surface area (Å²) in [5.74, 6) is -0.312. The van der Waals surface area contributed by atoms with Crippen molar-refractivity contribution in [1.82, 2.24) is 4.98 Å². The molecule has 2 aromatic carbocycles. The molecule has 4 heteroatoms. The Morgan fingerprint density at radius 2 is 1.92 bits per heavy atom. The highest BCUT2D eigenvalue weighted by Gasteiger charge is 2.09. The molecule has 0 spiro atoms. The number of hydrogen-bond donors (Lipinski definition) is 1. The van der Waals surface area contributed by atoms with Gasteiger partial charge in [-0.1, -0.05) is 24.3 Å². The molecule has 1 aromatic heterocycles. The number of nitrogens with zero attached hydrogens (tertiary/aromatic N) is 1. The van der Waals surface area contributed by atoms with Crippen molar-refractivity contribution < 1.29 is 9.53 Å². The van der Waals surface area contributed by atoms with Crippen molar-refractivity contribution in [1.29, 1.82) is 0 Å². The molecule has 0 atom stereocenters. The van der Waals surface area contributed by atoms with E-state index in [0.29, 0.717) is 12.2 Å². The van der Waals surface area contributed by atoms with E-state index in [4.69, 9.17) is 4.74 Å². The number of aryl methyl sites for hydroxylation is 2. The largest absolute Gasteiger partial charge is 0.462 e. The first kappa shape index (κ1) is 16.0. The Bertz CT molecular complexity index is 903. The zero-order valence-electron chi connectivity index (χ0n) is 14.1. The molecule has 0 saturated carbocycles. The molecule has 122 valence electrons. The maximum Gasteiger partial charge on any atom is 0.338 e. The SMILES string of the molecule is CCOC(=O)c1cccc(Nc2cc(C)nc3c(C)cccc23)c1. The molecule has 0 amide bonds. The number of ether oxygens (including phenoxy) is 1. The predicted octanol–water partition coefficient (Wildman–Crippen LogP) is 4.77. The van der Waals surface area contributed by atoms with Gasteiger partial charge in [-0.2, -0.15) is 0 Å². The number of carbonyl (C=O) groups excluding carboxylic acids is 1. The van der Waals surface area contributed by atoms with Gasteiger partial charge in [-0.05, 0) is 50.6 Å². The van der Waals surface area contributed by atoms with Crippen LogP contribution in [0, 0.1) is 13.8 Å². The summed E-state index contributed by atoms with van der Waals surface area (Å²) < 4.78 is 5.06. The first-order chi connectivity index (χ1) is 11.6. The van der Waals surface area contributed by atoms with Gasteiger partial charge in [-0.25, -0.2) is 4.79 Å². The van der Waals surface area contributed by atoms with Crippen molar-refractivity contribution in [2.24, 2.45) is 0 Å². The molecule has 3 rings (SSSR count). The molecule has 3 aromatic rings. The average molecular weight is 320 g/mol. The zero-order valence-corrected chi connectivity index (χ0v) is 14.1. The summed E-state index contributed by atoms with van der Waals surface area (Å²) >= 11 is 0. The van der Waals surface area contributed by atoms with Gasteiger partial charge in [-0.15, -0.1) is 0 Å². The van der Waals surface area contributed by atoms with Crippen LogP contribution in [-0.2, 0) is 4.74 Å². The monoisotopic (exact) mass is 320 g/mol. The quantitative estimate of drug-likeness (QED) is 0.703. The number of nitrogens with one attached hydrogen (secondary N) is 1.